The molecule has 0 spiro atoms. The maximum Gasteiger partial charge on any atom is 0.346 e. The highest BCUT2D eigenvalue weighted by Crippen LogP contribution is 2.37. The molecule has 0 atom stereocenters. The van der Waals surface area contributed by atoms with E-state index in [4.69, 9.17) is 18.4 Å². The fourth-order valence-electron chi connectivity index (χ4n) is 3.93. The number of nitrogens with one attached hydrogen (secondary N) is 1. The Morgan fingerprint density at radius 3 is 2.62 bits per heavy atom. The molecule has 0 saturated carbocycles. The van der Waals surface area contributed by atoms with Gasteiger partial charge in [-0.25, -0.2) is 0 Å². The number of benzene rings is 3. The normalized spacial score (nSPS) is 15.2. The first-order valence-electron chi connectivity index (χ1n) is 11.9. The van der Waals surface area contributed by atoms with Gasteiger partial charge in [-0.3, -0.25) is 29.4 Å². The van der Waals surface area contributed by atoms with E-state index in [0.717, 1.165) is 17.0 Å². The number of carbonyl (C=O) groups is 3. The van der Waals surface area contributed by atoms with Gasteiger partial charge in [0.1, 0.15) is 6.54 Å². The standard InChI is InChI=1S/C26H19N3O11S2/c1-37-20-10-15(6-8-19(20)40-42(35,36)23-5-3-2-4-17(23)29(33)34)11-22-25(31)28(26(32)41-22)13-24(30)27-16-7-9-18-21(12-16)39-14-38-18/h2-12H,13-14H2,1H3,(H,27,30)/b22-11-. The molecule has 2 aliphatic heterocycles. The highest BCUT2D eigenvalue weighted by Gasteiger charge is 2.36. The van der Waals surface area contributed by atoms with Crippen LogP contribution in [0.2, 0.25) is 0 Å². The van der Waals surface area contributed by atoms with Crippen molar-refractivity contribution in [3.05, 3.63) is 81.2 Å². The van der Waals surface area contributed by atoms with E-state index in [1.165, 1.54) is 43.5 Å². The third kappa shape index (κ3) is 5.84. The Morgan fingerprint density at radius 1 is 1.10 bits per heavy atom. The lowest BCUT2D eigenvalue weighted by Gasteiger charge is -2.13. The van der Waals surface area contributed by atoms with Crippen LogP contribution in [0.5, 0.6) is 23.0 Å². The van der Waals surface area contributed by atoms with Gasteiger partial charge in [-0.05, 0) is 53.7 Å². The zero-order valence-corrected chi connectivity index (χ0v) is 23.1. The molecule has 16 heteroatoms. The SMILES string of the molecule is COc1cc(/C=C2\SC(=O)N(CC(=O)Nc3ccc4c(c3)OCO4)C2=O)ccc1OS(=O)(=O)c1ccccc1[N+](=O)[O-]. The van der Waals surface area contributed by atoms with Crippen LogP contribution in [0.15, 0.2) is 70.5 Å². The minimum absolute atomic E-state index is 0.0131. The van der Waals surface area contributed by atoms with Crippen LogP contribution in [-0.2, 0) is 19.7 Å². The number of methoxy groups -OCH3 is 1. The molecule has 0 unspecified atom stereocenters. The molecule has 1 fully saturated rings. The lowest BCUT2D eigenvalue weighted by atomic mass is 10.2. The van der Waals surface area contributed by atoms with Crippen molar-refractivity contribution in [1.29, 1.82) is 0 Å². The van der Waals surface area contributed by atoms with Crippen LogP contribution >= 0.6 is 11.8 Å². The zero-order valence-electron chi connectivity index (χ0n) is 21.5. The van der Waals surface area contributed by atoms with Crippen LogP contribution in [0.1, 0.15) is 5.56 Å². The van der Waals surface area contributed by atoms with Gasteiger partial charge >= 0.3 is 10.1 Å². The number of para-hydroxylation sites is 1. The molecule has 0 radical (unpaired) electrons. The van der Waals surface area contributed by atoms with Crippen LogP contribution in [0.4, 0.5) is 16.2 Å². The van der Waals surface area contributed by atoms with Crippen molar-refractivity contribution < 1.29 is 46.1 Å². The van der Waals surface area contributed by atoms with Crippen molar-refractivity contribution in [3.63, 3.8) is 0 Å². The average molecular weight is 614 g/mol. The van der Waals surface area contributed by atoms with Crippen LogP contribution in [-0.4, -0.2) is 55.7 Å². The minimum atomic E-state index is -4.62. The third-order valence-electron chi connectivity index (χ3n) is 5.85. The lowest BCUT2D eigenvalue weighted by molar-refractivity contribution is -0.387. The molecule has 0 bridgehead atoms. The second-order valence-corrected chi connectivity index (χ2v) is 11.1. The van der Waals surface area contributed by atoms with Crippen molar-refractivity contribution in [1.82, 2.24) is 4.90 Å². The first-order valence-corrected chi connectivity index (χ1v) is 14.1. The summed E-state index contributed by atoms with van der Waals surface area (Å²) in [6.45, 7) is -0.467. The molecule has 0 aliphatic carbocycles. The summed E-state index contributed by atoms with van der Waals surface area (Å²) in [5, 5.41) is 13.2. The lowest BCUT2D eigenvalue weighted by Crippen LogP contribution is -2.36. The molecule has 2 heterocycles. The second-order valence-electron chi connectivity index (χ2n) is 8.56. The van der Waals surface area contributed by atoms with E-state index in [1.54, 1.807) is 18.2 Å². The Kier molecular flexibility index (Phi) is 7.73. The van der Waals surface area contributed by atoms with E-state index in [-0.39, 0.29) is 23.2 Å². The number of nitro groups is 1. The fourth-order valence-corrected chi connectivity index (χ4v) is 5.88. The topological polar surface area (TPSA) is 181 Å². The molecule has 0 aromatic heterocycles. The molecule has 5 rings (SSSR count). The largest absolute Gasteiger partial charge is 0.493 e. The van der Waals surface area contributed by atoms with E-state index in [1.807, 2.05) is 0 Å². The number of nitro benzene ring substituents is 1. The first kappa shape index (κ1) is 28.4. The number of hydrogen-bond acceptors (Lipinski definition) is 12. The summed E-state index contributed by atoms with van der Waals surface area (Å²) in [5.41, 5.74) is 0.0797. The predicted molar refractivity (Wildman–Crippen MR) is 148 cm³/mol. The van der Waals surface area contributed by atoms with Crippen LogP contribution in [0, 0.1) is 10.1 Å². The number of rotatable bonds is 9. The van der Waals surface area contributed by atoms with Crippen molar-refractivity contribution >= 4 is 56.4 Å². The Balaban J connectivity index is 1.29. The number of nitrogens with zero attached hydrogens (tertiary/aromatic N) is 2. The number of hydrogen-bond donors (Lipinski definition) is 1. The van der Waals surface area contributed by atoms with Crippen molar-refractivity contribution in [2.45, 2.75) is 4.90 Å². The smallest absolute Gasteiger partial charge is 0.346 e. The average Bonchev–Trinajstić information content (AvgIpc) is 3.53. The predicted octanol–water partition coefficient (Wildman–Crippen LogP) is 3.77. The molecule has 14 nitrogen and oxygen atoms in total. The summed E-state index contributed by atoms with van der Waals surface area (Å²) >= 11 is 0.621. The van der Waals surface area contributed by atoms with E-state index in [0.29, 0.717) is 34.5 Å². The Morgan fingerprint density at radius 2 is 1.86 bits per heavy atom. The fraction of sp³-hybridized carbons (Fsp3) is 0.115. The van der Waals surface area contributed by atoms with Gasteiger partial charge < -0.3 is 23.7 Å². The molecule has 3 aromatic rings. The summed E-state index contributed by atoms with van der Waals surface area (Å²) in [7, 11) is -3.37. The summed E-state index contributed by atoms with van der Waals surface area (Å²) in [6.07, 6.45) is 1.36. The molecular weight excluding hydrogens is 594 g/mol. The van der Waals surface area contributed by atoms with E-state index >= 15 is 0 Å². The Hall–Kier alpha value is -5.09. The van der Waals surface area contributed by atoms with Crippen molar-refractivity contribution in [3.8, 4) is 23.0 Å². The zero-order chi connectivity index (χ0) is 30.0. The van der Waals surface area contributed by atoms with Gasteiger partial charge in [-0.2, -0.15) is 8.42 Å². The third-order valence-corrected chi connectivity index (χ3v) is 8.04. The van der Waals surface area contributed by atoms with Crippen LogP contribution in [0.3, 0.4) is 0 Å². The van der Waals surface area contributed by atoms with Crippen molar-refractivity contribution in [2.24, 2.45) is 0 Å². The van der Waals surface area contributed by atoms with Gasteiger partial charge in [0.05, 0.1) is 16.9 Å². The van der Waals surface area contributed by atoms with Gasteiger partial charge in [0.2, 0.25) is 12.7 Å². The number of fused-ring (bicyclic) bond motifs is 1. The Bertz CT molecular complexity index is 1770. The first-order chi connectivity index (χ1) is 20.1. The molecular formula is C26H19N3O11S2. The molecule has 1 saturated heterocycles. The summed E-state index contributed by atoms with van der Waals surface area (Å²) in [6, 6.07) is 13.5. The molecule has 2 aliphatic rings. The number of thioether (sulfide) groups is 1. The number of anilines is 1. The van der Waals surface area contributed by atoms with Gasteiger partial charge in [-0.15, -0.1) is 0 Å². The summed E-state index contributed by atoms with van der Waals surface area (Å²) in [4.78, 5) is 48.6. The van der Waals surface area contributed by atoms with Gasteiger partial charge in [-0.1, -0.05) is 18.2 Å². The number of imide groups is 1. The molecule has 42 heavy (non-hydrogen) atoms. The molecule has 1 N–H and O–H groups in total. The van der Waals surface area contributed by atoms with Gasteiger partial charge in [0, 0.05) is 17.8 Å². The highest BCUT2D eigenvalue weighted by atomic mass is 32.2. The van der Waals surface area contributed by atoms with Gasteiger partial charge in [0.25, 0.3) is 16.8 Å². The van der Waals surface area contributed by atoms with E-state index in [9.17, 15) is 32.9 Å². The monoisotopic (exact) mass is 613 g/mol. The summed E-state index contributed by atoms with van der Waals surface area (Å²) in [5.74, 6) is -0.659. The minimum Gasteiger partial charge on any atom is -0.493 e. The number of ether oxygens (including phenoxy) is 3. The van der Waals surface area contributed by atoms with E-state index < -0.39 is 49.2 Å². The van der Waals surface area contributed by atoms with Crippen molar-refractivity contribution in [2.75, 3.05) is 25.8 Å². The maximum absolute atomic E-state index is 12.9. The quantitative estimate of drug-likeness (QED) is 0.160. The second kappa shape index (κ2) is 11.4. The van der Waals surface area contributed by atoms with Crippen LogP contribution in [0.25, 0.3) is 6.08 Å². The van der Waals surface area contributed by atoms with E-state index in [2.05, 4.69) is 5.32 Å². The summed E-state index contributed by atoms with van der Waals surface area (Å²) < 4.78 is 46.4. The molecule has 3 aromatic carbocycles. The Labute approximate surface area is 242 Å². The molecule has 216 valence electrons. The highest BCUT2D eigenvalue weighted by molar-refractivity contribution is 8.18. The maximum atomic E-state index is 12.9. The number of amides is 3. The van der Waals surface area contributed by atoms with Gasteiger partial charge in [0.15, 0.2) is 27.9 Å². The number of carbonyl (C=O) groups excluding carboxylic acids is 3. The molecule has 3 amide bonds. The van der Waals surface area contributed by atoms with Crippen LogP contribution < -0.4 is 23.7 Å².